The Hall–Kier alpha value is -0.0800. The highest BCUT2D eigenvalue weighted by Gasteiger charge is 2.25. The first-order chi connectivity index (χ1) is 8.95. The van der Waals surface area contributed by atoms with E-state index in [-0.39, 0.29) is 0 Å². The maximum atomic E-state index is 3.65. The zero-order valence-corrected chi connectivity index (χ0v) is 14.0. The van der Waals surface area contributed by atoms with Gasteiger partial charge in [-0.25, -0.2) is 0 Å². The van der Waals surface area contributed by atoms with Crippen LogP contribution in [-0.2, 0) is 0 Å². The molecule has 1 unspecified atom stereocenters. The molecule has 0 spiro atoms. The highest BCUT2D eigenvalue weighted by molar-refractivity contribution is 4.80. The molecule has 1 aliphatic rings. The third-order valence-corrected chi connectivity index (χ3v) is 4.65. The fraction of sp³-hybridized carbons (Fsp3) is 1.00. The van der Waals surface area contributed by atoms with Crippen LogP contribution in [0.15, 0.2) is 0 Å². The van der Waals surface area contributed by atoms with Gasteiger partial charge in [-0.1, -0.05) is 40.5 Å². The van der Waals surface area contributed by atoms with E-state index in [1.807, 2.05) is 0 Å². The van der Waals surface area contributed by atoms with E-state index >= 15 is 0 Å². The van der Waals surface area contributed by atoms with E-state index in [1.54, 1.807) is 0 Å². The van der Waals surface area contributed by atoms with Crippen molar-refractivity contribution in [3.63, 3.8) is 0 Å². The molecule has 2 nitrogen and oxygen atoms in total. The summed E-state index contributed by atoms with van der Waals surface area (Å²) in [6.07, 6.45) is 7.09. The van der Waals surface area contributed by atoms with E-state index in [4.69, 9.17) is 0 Å². The highest BCUT2D eigenvalue weighted by Crippen LogP contribution is 2.27. The molecule has 114 valence electrons. The van der Waals surface area contributed by atoms with Gasteiger partial charge in [0, 0.05) is 19.6 Å². The summed E-state index contributed by atoms with van der Waals surface area (Å²) in [6.45, 7) is 14.2. The minimum atomic E-state index is 0.419. The summed E-state index contributed by atoms with van der Waals surface area (Å²) in [5.74, 6) is 1.71. The maximum absolute atomic E-state index is 3.65. The minimum absolute atomic E-state index is 0.419. The van der Waals surface area contributed by atoms with Gasteiger partial charge in [0.1, 0.15) is 0 Å². The van der Waals surface area contributed by atoms with Gasteiger partial charge in [0.25, 0.3) is 0 Å². The van der Waals surface area contributed by atoms with Crippen LogP contribution in [0.5, 0.6) is 0 Å². The van der Waals surface area contributed by atoms with Crippen LogP contribution in [0.1, 0.15) is 59.8 Å². The first-order valence-corrected chi connectivity index (χ1v) is 8.34. The lowest BCUT2D eigenvalue weighted by atomic mass is 9.86. The maximum Gasteiger partial charge on any atom is 0.00444 e. The lowest BCUT2D eigenvalue weighted by Crippen LogP contribution is -2.42. The molecule has 0 saturated heterocycles. The average molecular weight is 268 g/mol. The highest BCUT2D eigenvalue weighted by atomic mass is 15.1. The molecular formula is C17H36N2. The van der Waals surface area contributed by atoms with Crippen LogP contribution < -0.4 is 5.32 Å². The van der Waals surface area contributed by atoms with Crippen LogP contribution in [0.3, 0.4) is 0 Å². The smallest absolute Gasteiger partial charge is 0.00444 e. The number of hydrogen-bond donors (Lipinski definition) is 1. The molecule has 19 heavy (non-hydrogen) atoms. The second-order valence-corrected chi connectivity index (χ2v) is 7.54. The number of hydrogen-bond acceptors (Lipinski definition) is 2. The third kappa shape index (κ3) is 6.76. The molecule has 1 fully saturated rings. The van der Waals surface area contributed by atoms with Crippen LogP contribution in [0.4, 0.5) is 0 Å². The number of rotatable bonds is 9. The Morgan fingerprint density at radius 2 is 1.89 bits per heavy atom. The molecule has 0 heterocycles. The van der Waals surface area contributed by atoms with Crippen molar-refractivity contribution in [3.05, 3.63) is 0 Å². The van der Waals surface area contributed by atoms with E-state index < -0.39 is 0 Å². The molecule has 0 bridgehead atoms. The summed E-state index contributed by atoms with van der Waals surface area (Å²) >= 11 is 0. The predicted molar refractivity (Wildman–Crippen MR) is 85.6 cm³/mol. The monoisotopic (exact) mass is 268 g/mol. The summed E-state index contributed by atoms with van der Waals surface area (Å²) in [4.78, 5) is 2.58. The predicted octanol–water partition coefficient (Wildman–Crippen LogP) is 3.77. The van der Waals surface area contributed by atoms with Crippen molar-refractivity contribution in [3.8, 4) is 0 Å². The van der Waals surface area contributed by atoms with E-state index in [0.29, 0.717) is 5.41 Å². The molecule has 2 heteroatoms. The van der Waals surface area contributed by atoms with E-state index in [2.05, 4.69) is 45.0 Å². The standard InChI is InChI=1S/C17H36N2/c1-6-17(4,13-18-11-15(2)3)14-19(5)12-16-9-7-8-10-16/h15-16,18H,6-14H2,1-5H3. The van der Waals surface area contributed by atoms with Gasteiger partial charge in [-0.15, -0.1) is 0 Å². The van der Waals surface area contributed by atoms with E-state index in [0.717, 1.165) is 24.9 Å². The molecule has 1 rings (SSSR count). The Balaban J connectivity index is 2.31. The number of nitrogens with zero attached hydrogens (tertiary/aromatic N) is 1. The molecule has 0 amide bonds. The normalized spacial score (nSPS) is 20.4. The minimum Gasteiger partial charge on any atom is -0.316 e. The van der Waals surface area contributed by atoms with Gasteiger partial charge in [0.05, 0.1) is 0 Å². The molecule has 0 aromatic heterocycles. The van der Waals surface area contributed by atoms with Crippen molar-refractivity contribution in [2.24, 2.45) is 17.3 Å². The molecule has 1 saturated carbocycles. The summed E-state index contributed by atoms with van der Waals surface area (Å²) in [5.41, 5.74) is 0.419. The average Bonchev–Trinajstić information content (AvgIpc) is 2.81. The van der Waals surface area contributed by atoms with Crippen LogP contribution in [-0.4, -0.2) is 38.1 Å². The van der Waals surface area contributed by atoms with Gasteiger partial charge >= 0.3 is 0 Å². The Kier molecular flexibility index (Phi) is 7.38. The summed E-state index contributed by atoms with van der Waals surface area (Å²) in [7, 11) is 2.31. The zero-order valence-electron chi connectivity index (χ0n) is 14.0. The van der Waals surface area contributed by atoms with Crippen molar-refractivity contribution in [2.75, 3.05) is 33.2 Å². The molecule has 0 aliphatic heterocycles. The van der Waals surface area contributed by atoms with E-state index in [9.17, 15) is 0 Å². The summed E-state index contributed by atoms with van der Waals surface area (Å²) < 4.78 is 0. The van der Waals surface area contributed by atoms with Gasteiger partial charge < -0.3 is 10.2 Å². The van der Waals surface area contributed by atoms with Crippen molar-refractivity contribution in [2.45, 2.75) is 59.8 Å². The van der Waals surface area contributed by atoms with Gasteiger partial charge in [-0.3, -0.25) is 0 Å². The lowest BCUT2D eigenvalue weighted by Gasteiger charge is -2.34. The van der Waals surface area contributed by atoms with Crippen molar-refractivity contribution < 1.29 is 0 Å². The van der Waals surface area contributed by atoms with Gasteiger partial charge in [0.15, 0.2) is 0 Å². The Labute approximate surface area is 121 Å². The van der Waals surface area contributed by atoms with Crippen LogP contribution in [0.2, 0.25) is 0 Å². The summed E-state index contributed by atoms with van der Waals surface area (Å²) in [6, 6.07) is 0. The van der Waals surface area contributed by atoms with Gasteiger partial charge in [0.2, 0.25) is 0 Å². The number of nitrogens with one attached hydrogen (secondary N) is 1. The van der Waals surface area contributed by atoms with Gasteiger partial charge in [-0.05, 0) is 50.1 Å². The molecule has 0 aromatic rings. The quantitative estimate of drug-likeness (QED) is 0.685. The first kappa shape index (κ1) is 17.0. The molecule has 0 aromatic carbocycles. The lowest BCUT2D eigenvalue weighted by molar-refractivity contribution is 0.162. The molecule has 1 N–H and O–H groups in total. The Bertz CT molecular complexity index is 233. The fourth-order valence-corrected chi connectivity index (χ4v) is 3.31. The third-order valence-electron chi connectivity index (χ3n) is 4.65. The summed E-state index contributed by atoms with van der Waals surface area (Å²) in [5, 5.41) is 3.65. The zero-order chi connectivity index (χ0) is 14.3. The van der Waals surface area contributed by atoms with Crippen molar-refractivity contribution >= 4 is 0 Å². The Morgan fingerprint density at radius 1 is 1.26 bits per heavy atom. The molecule has 1 aliphatic carbocycles. The van der Waals surface area contributed by atoms with Crippen molar-refractivity contribution in [1.29, 1.82) is 0 Å². The molecule has 0 radical (unpaired) electrons. The Morgan fingerprint density at radius 3 is 2.42 bits per heavy atom. The molecule has 1 atom stereocenters. The first-order valence-electron chi connectivity index (χ1n) is 8.34. The van der Waals surface area contributed by atoms with Gasteiger partial charge in [-0.2, -0.15) is 0 Å². The largest absolute Gasteiger partial charge is 0.316 e. The van der Waals surface area contributed by atoms with Crippen molar-refractivity contribution in [1.82, 2.24) is 10.2 Å². The second kappa shape index (κ2) is 8.26. The fourth-order valence-electron chi connectivity index (χ4n) is 3.31. The second-order valence-electron chi connectivity index (χ2n) is 7.54. The van der Waals surface area contributed by atoms with Crippen LogP contribution in [0.25, 0.3) is 0 Å². The molecular weight excluding hydrogens is 232 g/mol. The SMILES string of the molecule is CCC(C)(CNCC(C)C)CN(C)CC1CCCC1. The van der Waals surface area contributed by atoms with Crippen LogP contribution >= 0.6 is 0 Å². The van der Waals surface area contributed by atoms with Crippen LogP contribution in [0, 0.1) is 17.3 Å². The topological polar surface area (TPSA) is 15.3 Å². The van der Waals surface area contributed by atoms with E-state index in [1.165, 1.54) is 45.2 Å².